The van der Waals surface area contributed by atoms with E-state index in [-0.39, 0.29) is 6.08 Å². The fourth-order valence-corrected chi connectivity index (χ4v) is 1.19. The van der Waals surface area contributed by atoms with Gasteiger partial charge in [0, 0.05) is 0 Å². The summed E-state index contributed by atoms with van der Waals surface area (Å²) in [6.45, 7) is 4.20. The van der Waals surface area contributed by atoms with Crippen LogP contribution >= 0.6 is 0 Å². The number of hydrogen-bond donors (Lipinski definition) is 1. The monoisotopic (exact) mass is 364 g/mol. The van der Waals surface area contributed by atoms with Gasteiger partial charge in [-0.05, 0) is 0 Å². The first kappa shape index (κ1) is 17.3. The van der Waals surface area contributed by atoms with E-state index < -0.39 is 29.3 Å². The van der Waals surface area contributed by atoms with Crippen molar-refractivity contribution in [3.63, 3.8) is 0 Å². The van der Waals surface area contributed by atoms with Gasteiger partial charge in [0.15, 0.2) is 0 Å². The molecule has 0 heterocycles. The molecule has 0 aliphatic rings. The zero-order valence-electron chi connectivity index (χ0n) is 9.63. The summed E-state index contributed by atoms with van der Waals surface area (Å²) in [6.07, 6.45) is -9.94. The topological polar surface area (TPSA) is 26.1 Å². The van der Waals surface area contributed by atoms with Crippen LogP contribution in [0.15, 0.2) is 11.8 Å². The van der Waals surface area contributed by atoms with E-state index in [1.165, 1.54) is 20.8 Å². The van der Waals surface area contributed by atoms with Crippen LogP contribution in [0.3, 0.4) is 0 Å². The zero-order valence-corrected chi connectivity index (χ0v) is 11.3. The molecule has 2 nitrogen and oxygen atoms in total. The van der Waals surface area contributed by atoms with Gasteiger partial charge in [-0.3, -0.25) is 0 Å². The SMILES string of the molecule is CC(C)(C)N/C(=C\C(=[N+]=[Rh])C(F)(F)F)C(F)(F)F. The second-order valence-corrected chi connectivity index (χ2v) is 4.75. The molecule has 0 bridgehead atoms. The Morgan fingerprint density at radius 3 is 1.67 bits per heavy atom. The molecule has 0 radical (unpaired) electrons. The van der Waals surface area contributed by atoms with Crippen molar-refractivity contribution in [3.05, 3.63) is 11.8 Å². The molecule has 0 atom stereocenters. The van der Waals surface area contributed by atoms with E-state index in [0.717, 1.165) is 0 Å². The summed E-state index contributed by atoms with van der Waals surface area (Å²) in [7, 11) is 0. The van der Waals surface area contributed by atoms with Gasteiger partial charge in [-0.25, -0.2) is 0 Å². The summed E-state index contributed by atoms with van der Waals surface area (Å²) in [5.74, 6) is 0. The van der Waals surface area contributed by atoms with E-state index in [1.807, 2.05) is 5.32 Å². The normalized spacial score (nSPS) is 14.2. The first-order valence-electron chi connectivity index (χ1n) is 4.58. The number of nitrogens with zero attached hydrogens (tertiary/aromatic N) is 1. The average molecular weight is 364 g/mol. The van der Waals surface area contributed by atoms with E-state index in [2.05, 4.69) is 3.36 Å². The van der Waals surface area contributed by atoms with E-state index in [0.29, 0.717) is 0 Å². The Bertz CT molecular complexity index is 381. The Morgan fingerprint density at radius 2 is 1.44 bits per heavy atom. The van der Waals surface area contributed by atoms with Gasteiger partial charge < -0.3 is 0 Å². The minimum atomic E-state index is -4.95. The Balaban J connectivity index is 5.55. The first-order valence-corrected chi connectivity index (χ1v) is 5.32. The number of rotatable bonds is 2. The molecule has 0 saturated heterocycles. The van der Waals surface area contributed by atoms with Gasteiger partial charge in [-0.1, -0.05) is 0 Å². The van der Waals surface area contributed by atoms with Crippen molar-refractivity contribution in [2.75, 3.05) is 0 Å². The maximum atomic E-state index is 12.6. The van der Waals surface area contributed by atoms with E-state index in [1.54, 1.807) is 18.1 Å². The van der Waals surface area contributed by atoms with Crippen LogP contribution in [0.2, 0.25) is 0 Å². The summed E-state index contributed by atoms with van der Waals surface area (Å²) in [6, 6.07) is 0. The predicted octanol–water partition coefficient (Wildman–Crippen LogP) is 2.62. The van der Waals surface area contributed by atoms with Gasteiger partial charge in [0.05, 0.1) is 0 Å². The van der Waals surface area contributed by atoms with Crippen molar-refractivity contribution in [1.82, 2.24) is 8.68 Å². The van der Waals surface area contributed by atoms with Crippen LogP contribution in [0.25, 0.3) is 0 Å². The Labute approximate surface area is 110 Å². The molecule has 0 aromatic heterocycles. The molecule has 0 aliphatic carbocycles. The van der Waals surface area contributed by atoms with Gasteiger partial charge >= 0.3 is 109 Å². The molecular formula is C9H11F6N2Rh+. The molecule has 107 valence electrons. The molecule has 0 amide bonds. The summed E-state index contributed by atoms with van der Waals surface area (Å²) >= 11 is 1.59. The summed E-state index contributed by atoms with van der Waals surface area (Å²) < 4.78 is 77.4. The number of hydrogen-bond acceptors (Lipinski definition) is 1. The van der Waals surface area contributed by atoms with Gasteiger partial charge in [-0.15, -0.1) is 0 Å². The first-order chi connectivity index (χ1) is 7.77. The average Bonchev–Trinajstić information content (AvgIpc) is 2.05. The number of alkyl halides is 6. The van der Waals surface area contributed by atoms with Crippen LogP contribution < -0.4 is 8.68 Å². The predicted molar refractivity (Wildman–Crippen MR) is 50.2 cm³/mol. The van der Waals surface area contributed by atoms with E-state index in [9.17, 15) is 26.3 Å². The number of allylic oxidation sites excluding steroid dienone is 2. The summed E-state index contributed by atoms with van der Waals surface area (Å²) in [5, 5.41) is 1.98. The van der Waals surface area contributed by atoms with Crippen LogP contribution in [0, 0.1) is 0 Å². The molecule has 1 N–H and O–H groups in total. The fourth-order valence-electron chi connectivity index (χ4n) is 0.875. The third kappa shape index (κ3) is 6.31. The quantitative estimate of drug-likeness (QED) is 0.347. The molecule has 0 fully saturated rings. The Morgan fingerprint density at radius 1 is 1.00 bits per heavy atom. The van der Waals surface area contributed by atoms with Crippen LogP contribution in [0.1, 0.15) is 20.8 Å². The Hall–Kier alpha value is -0.677. The van der Waals surface area contributed by atoms with Gasteiger partial charge in [0.25, 0.3) is 0 Å². The molecule has 0 aromatic carbocycles. The molecule has 18 heavy (non-hydrogen) atoms. The minimum absolute atomic E-state index is 0.0640. The Kier molecular flexibility index (Phi) is 5.32. The molecule has 0 rings (SSSR count). The van der Waals surface area contributed by atoms with Crippen LogP contribution in [-0.4, -0.2) is 23.6 Å². The van der Waals surface area contributed by atoms with Crippen molar-refractivity contribution in [1.29, 1.82) is 0 Å². The molecule has 0 aromatic rings. The van der Waals surface area contributed by atoms with Gasteiger partial charge in [-0.2, -0.15) is 0 Å². The second-order valence-electron chi connectivity index (χ2n) is 4.39. The zero-order chi connectivity index (χ0) is 14.8. The van der Waals surface area contributed by atoms with E-state index in [4.69, 9.17) is 0 Å². The van der Waals surface area contributed by atoms with Crippen molar-refractivity contribution < 1.29 is 44.5 Å². The van der Waals surface area contributed by atoms with Gasteiger partial charge in [0.2, 0.25) is 0 Å². The van der Waals surface area contributed by atoms with E-state index >= 15 is 0 Å². The van der Waals surface area contributed by atoms with Crippen molar-refractivity contribution in [3.8, 4) is 0 Å². The molecular weight excluding hydrogens is 353 g/mol. The standard InChI is InChI=1S/C9H11F6N2.Rh/c1-7(2,3)17-6(9(13,14)15)4-5(16)8(10,11)12;/h4,17H,1-3H3;/q-1;+2/b6-4-;. The number of nitrogens with one attached hydrogen (secondary N) is 1. The molecule has 0 unspecified atom stereocenters. The third-order valence-corrected chi connectivity index (χ3v) is 1.86. The molecule has 0 aliphatic heterocycles. The van der Waals surface area contributed by atoms with Crippen LogP contribution in [0.5, 0.6) is 0 Å². The van der Waals surface area contributed by atoms with Crippen LogP contribution in [-0.2, 0) is 18.1 Å². The second kappa shape index (κ2) is 5.53. The molecule has 0 spiro atoms. The van der Waals surface area contributed by atoms with Crippen molar-refractivity contribution in [2.24, 2.45) is 0 Å². The van der Waals surface area contributed by atoms with Crippen molar-refractivity contribution in [2.45, 2.75) is 38.7 Å². The van der Waals surface area contributed by atoms with Crippen molar-refractivity contribution >= 4 is 5.71 Å². The van der Waals surface area contributed by atoms with Gasteiger partial charge in [0.1, 0.15) is 0 Å². The summed E-state index contributed by atoms with van der Waals surface area (Å²) in [5.41, 5.74) is -4.17. The summed E-state index contributed by atoms with van der Waals surface area (Å²) in [4.78, 5) is 0. The molecule has 0 saturated carbocycles. The fraction of sp³-hybridized carbons (Fsp3) is 0.667. The number of halogens is 6. The third-order valence-electron chi connectivity index (χ3n) is 1.47. The molecule has 9 heteroatoms. The maximum absolute atomic E-state index is 12.6. The van der Waals surface area contributed by atoms with Crippen LogP contribution in [0.4, 0.5) is 26.3 Å².